The summed E-state index contributed by atoms with van der Waals surface area (Å²) in [7, 11) is 0. The fourth-order valence-electron chi connectivity index (χ4n) is 6.13. The summed E-state index contributed by atoms with van der Waals surface area (Å²) in [5, 5.41) is 2.40. The number of hydrogen-bond donors (Lipinski definition) is 0. The first kappa shape index (κ1) is 23.3. The van der Waals surface area contributed by atoms with E-state index in [4.69, 9.17) is 14.5 Å². The molecule has 4 aliphatic rings. The molecule has 6 nitrogen and oxygen atoms in total. The molecule has 5 rings (SSSR count). The standard InChI is InChI=1S/C26H41N3O3S/c1-16-10-11-26(19(14-16)25(26,6)7)31-20-22(33-21(27-20)18-8-9-18)28-12-13-29(17(2)15-28)23(30)32-24(3,4)5/h16-19H,8-15H2,1-7H3/t16?,17-,19?,26?/m1/s1. The van der Waals surface area contributed by atoms with Gasteiger partial charge in [0.05, 0.1) is 0 Å². The van der Waals surface area contributed by atoms with Crippen molar-refractivity contribution in [2.75, 3.05) is 24.5 Å². The van der Waals surface area contributed by atoms with Gasteiger partial charge in [-0.15, -0.1) is 0 Å². The van der Waals surface area contributed by atoms with Crippen LogP contribution in [0, 0.1) is 17.3 Å². The van der Waals surface area contributed by atoms with Crippen LogP contribution in [0.5, 0.6) is 5.88 Å². The van der Waals surface area contributed by atoms with E-state index in [9.17, 15) is 4.79 Å². The van der Waals surface area contributed by atoms with E-state index in [-0.39, 0.29) is 23.2 Å². The number of piperazine rings is 1. The second-order valence-corrected chi connectivity index (χ2v) is 13.6. The molecular formula is C26H41N3O3S. The average Bonchev–Trinajstić information content (AvgIpc) is 3.57. The number of fused-ring (bicyclic) bond motifs is 1. The number of hydrogen-bond acceptors (Lipinski definition) is 6. The van der Waals surface area contributed by atoms with Crippen molar-refractivity contribution in [2.45, 2.75) is 104 Å². The van der Waals surface area contributed by atoms with Crippen molar-refractivity contribution in [1.82, 2.24) is 9.88 Å². The van der Waals surface area contributed by atoms with E-state index in [1.165, 1.54) is 35.7 Å². The molecule has 1 saturated heterocycles. The fraction of sp³-hybridized carbons (Fsp3) is 0.846. The van der Waals surface area contributed by atoms with Gasteiger partial charge in [-0.05, 0) is 65.7 Å². The maximum absolute atomic E-state index is 12.7. The Morgan fingerprint density at radius 3 is 2.48 bits per heavy atom. The van der Waals surface area contributed by atoms with E-state index in [1.807, 2.05) is 37.0 Å². The highest BCUT2D eigenvalue weighted by atomic mass is 32.1. The predicted molar refractivity (Wildman–Crippen MR) is 132 cm³/mol. The molecule has 3 aliphatic carbocycles. The molecule has 1 amide bonds. The van der Waals surface area contributed by atoms with Gasteiger partial charge in [0.25, 0.3) is 0 Å². The van der Waals surface area contributed by atoms with Crippen LogP contribution in [0.15, 0.2) is 0 Å². The number of thiazole rings is 1. The monoisotopic (exact) mass is 475 g/mol. The lowest BCUT2D eigenvalue weighted by Gasteiger charge is -2.40. The lowest BCUT2D eigenvalue weighted by molar-refractivity contribution is 0.0159. The normalized spacial score (nSPS) is 33.5. The maximum Gasteiger partial charge on any atom is 0.410 e. The van der Waals surface area contributed by atoms with Crippen LogP contribution in [0.4, 0.5) is 9.80 Å². The Hall–Kier alpha value is -1.50. The van der Waals surface area contributed by atoms with Crippen LogP contribution in [0.25, 0.3) is 0 Å². The summed E-state index contributed by atoms with van der Waals surface area (Å²) in [6.45, 7) is 17.2. The van der Waals surface area contributed by atoms with Gasteiger partial charge in [-0.3, -0.25) is 0 Å². The molecule has 1 aromatic heterocycles. The number of ether oxygens (including phenoxy) is 2. The number of aromatic nitrogens is 1. The van der Waals surface area contributed by atoms with Gasteiger partial charge in [-0.2, -0.15) is 0 Å². The third-order valence-electron chi connectivity index (χ3n) is 8.43. The van der Waals surface area contributed by atoms with Crippen LogP contribution in [0.1, 0.15) is 91.5 Å². The van der Waals surface area contributed by atoms with Crippen LogP contribution in [0.2, 0.25) is 0 Å². The zero-order valence-corrected chi connectivity index (χ0v) is 22.3. The van der Waals surface area contributed by atoms with Crippen LogP contribution in [-0.2, 0) is 4.74 Å². The van der Waals surface area contributed by atoms with Crippen molar-refractivity contribution in [3.05, 3.63) is 5.01 Å². The molecular weight excluding hydrogens is 434 g/mol. The minimum atomic E-state index is -0.476. The summed E-state index contributed by atoms with van der Waals surface area (Å²) >= 11 is 1.82. The molecule has 3 unspecified atom stereocenters. The van der Waals surface area contributed by atoms with Crippen molar-refractivity contribution >= 4 is 22.4 Å². The first-order valence-electron chi connectivity index (χ1n) is 12.9. The van der Waals surface area contributed by atoms with Gasteiger partial charge in [-0.1, -0.05) is 32.1 Å². The molecule has 4 fully saturated rings. The maximum atomic E-state index is 12.7. The highest BCUT2D eigenvalue weighted by molar-refractivity contribution is 7.16. The van der Waals surface area contributed by atoms with Crippen LogP contribution in [0.3, 0.4) is 0 Å². The zero-order valence-electron chi connectivity index (χ0n) is 21.4. The molecule has 0 bridgehead atoms. The molecule has 7 heteroatoms. The first-order valence-corrected chi connectivity index (χ1v) is 13.7. The lowest BCUT2D eigenvalue weighted by Crippen LogP contribution is -2.55. The molecule has 0 spiro atoms. The Labute approximate surface area is 203 Å². The lowest BCUT2D eigenvalue weighted by atomic mass is 9.89. The van der Waals surface area contributed by atoms with E-state index >= 15 is 0 Å². The molecule has 33 heavy (non-hydrogen) atoms. The van der Waals surface area contributed by atoms with Gasteiger partial charge in [0, 0.05) is 42.9 Å². The Kier molecular flexibility index (Phi) is 5.46. The van der Waals surface area contributed by atoms with Crippen molar-refractivity contribution in [3.8, 4) is 5.88 Å². The largest absolute Gasteiger partial charge is 0.468 e. The summed E-state index contributed by atoms with van der Waals surface area (Å²) in [4.78, 5) is 22.0. The van der Waals surface area contributed by atoms with Crippen LogP contribution >= 0.6 is 11.3 Å². The Morgan fingerprint density at radius 1 is 1.15 bits per heavy atom. The van der Waals surface area contributed by atoms with Gasteiger partial charge in [0.1, 0.15) is 16.2 Å². The van der Waals surface area contributed by atoms with Crippen LogP contribution < -0.4 is 9.64 Å². The molecule has 3 saturated carbocycles. The fourth-order valence-corrected chi connectivity index (χ4v) is 7.33. The summed E-state index contributed by atoms with van der Waals surface area (Å²) in [6, 6.07) is 0.0757. The van der Waals surface area contributed by atoms with Crippen molar-refractivity contribution in [3.63, 3.8) is 0 Å². The summed E-state index contributed by atoms with van der Waals surface area (Å²) in [5.74, 6) is 2.87. The van der Waals surface area contributed by atoms with Gasteiger partial charge in [0.15, 0.2) is 5.00 Å². The molecule has 1 aromatic rings. The SMILES string of the molecule is CC1CCC2(Oc3nc(C4CC4)sc3N3CCN(C(=O)OC(C)(C)C)[C@H](C)C3)C(C1)C2(C)C. The van der Waals surface area contributed by atoms with E-state index in [0.717, 1.165) is 31.3 Å². The minimum absolute atomic E-state index is 0.0624. The highest BCUT2D eigenvalue weighted by Gasteiger charge is 2.74. The van der Waals surface area contributed by atoms with Crippen molar-refractivity contribution < 1.29 is 14.3 Å². The molecule has 4 atom stereocenters. The Balaban J connectivity index is 1.35. The van der Waals surface area contributed by atoms with Crippen molar-refractivity contribution in [2.24, 2.45) is 17.3 Å². The molecule has 2 heterocycles. The second kappa shape index (κ2) is 7.76. The van der Waals surface area contributed by atoms with E-state index in [0.29, 0.717) is 18.4 Å². The topological polar surface area (TPSA) is 54.9 Å². The molecule has 1 aliphatic heterocycles. The first-order chi connectivity index (χ1) is 15.4. The Bertz CT molecular complexity index is 918. The smallest absolute Gasteiger partial charge is 0.410 e. The van der Waals surface area contributed by atoms with E-state index < -0.39 is 5.60 Å². The van der Waals surface area contributed by atoms with Gasteiger partial charge in [0.2, 0.25) is 5.88 Å². The van der Waals surface area contributed by atoms with E-state index in [2.05, 4.69) is 32.6 Å². The number of rotatable bonds is 4. The second-order valence-electron chi connectivity index (χ2n) is 12.6. The number of nitrogens with zero attached hydrogens (tertiary/aromatic N) is 3. The van der Waals surface area contributed by atoms with E-state index in [1.54, 1.807) is 0 Å². The number of anilines is 1. The summed E-state index contributed by atoms with van der Waals surface area (Å²) in [6.07, 6.45) is 5.89. The van der Waals surface area contributed by atoms with Gasteiger partial charge >= 0.3 is 6.09 Å². The zero-order chi connectivity index (χ0) is 23.8. The highest BCUT2D eigenvalue weighted by Crippen LogP contribution is 2.71. The summed E-state index contributed by atoms with van der Waals surface area (Å²) < 4.78 is 12.6. The minimum Gasteiger partial charge on any atom is -0.468 e. The number of carbonyl (C=O) groups excluding carboxylic acids is 1. The third kappa shape index (κ3) is 4.12. The average molecular weight is 476 g/mol. The quantitative estimate of drug-likeness (QED) is 0.530. The molecule has 184 valence electrons. The van der Waals surface area contributed by atoms with Crippen LogP contribution in [-0.4, -0.2) is 52.9 Å². The van der Waals surface area contributed by atoms with Gasteiger partial charge < -0.3 is 19.3 Å². The molecule has 0 aromatic carbocycles. The Morgan fingerprint density at radius 2 is 1.88 bits per heavy atom. The molecule has 0 N–H and O–H groups in total. The molecule has 0 radical (unpaired) electrons. The van der Waals surface area contributed by atoms with Gasteiger partial charge in [-0.25, -0.2) is 9.78 Å². The van der Waals surface area contributed by atoms with Crippen molar-refractivity contribution in [1.29, 1.82) is 0 Å². The number of carbonyl (C=O) groups is 1. The third-order valence-corrected chi connectivity index (χ3v) is 9.69. The summed E-state index contributed by atoms with van der Waals surface area (Å²) in [5.41, 5.74) is -0.329. The number of amides is 1. The predicted octanol–water partition coefficient (Wildman–Crippen LogP) is 6.06.